The summed E-state index contributed by atoms with van der Waals surface area (Å²) < 4.78 is 13.2. The van der Waals surface area contributed by atoms with Crippen molar-refractivity contribution in [3.63, 3.8) is 0 Å². The van der Waals surface area contributed by atoms with Crippen LogP contribution >= 0.6 is 7.37 Å². The average molecular weight is 318 g/mol. The van der Waals surface area contributed by atoms with E-state index in [2.05, 4.69) is 0 Å². The molecular weight excluding hydrogens is 303 g/mol. The number of rotatable bonds is 2. The molecule has 1 N–H and O–H groups in total. The molecule has 1 unspecified atom stereocenters. The summed E-state index contributed by atoms with van der Waals surface area (Å²) in [4.78, 5) is 10.9. The highest BCUT2D eigenvalue weighted by Crippen LogP contribution is 2.41. The lowest BCUT2D eigenvalue weighted by Gasteiger charge is -2.15. The van der Waals surface area contributed by atoms with Crippen LogP contribution in [0.1, 0.15) is 0 Å². The summed E-state index contributed by atoms with van der Waals surface area (Å²) in [5.74, 6) is 0. The standard InChI is InChI=1S/C20H15O2P/c21-23(22,18-13-12-15-6-1-2-8-17(15)14-18)20-11-5-9-16-7-3-4-10-19(16)20/h1-14H,(H,21,22). The summed E-state index contributed by atoms with van der Waals surface area (Å²) in [6.45, 7) is 0. The molecule has 0 aromatic heterocycles. The van der Waals surface area contributed by atoms with Crippen molar-refractivity contribution in [2.75, 3.05) is 0 Å². The van der Waals surface area contributed by atoms with Crippen LogP contribution in [0.2, 0.25) is 0 Å². The van der Waals surface area contributed by atoms with Crippen molar-refractivity contribution in [1.29, 1.82) is 0 Å². The fraction of sp³-hybridized carbons (Fsp3) is 0. The predicted octanol–water partition coefficient (Wildman–Crippen LogP) is 4.21. The maximum absolute atomic E-state index is 13.2. The van der Waals surface area contributed by atoms with Crippen LogP contribution in [0.5, 0.6) is 0 Å². The van der Waals surface area contributed by atoms with Crippen molar-refractivity contribution in [3.05, 3.63) is 84.9 Å². The molecule has 4 aromatic rings. The van der Waals surface area contributed by atoms with Gasteiger partial charge >= 0.3 is 0 Å². The third-order valence-corrected chi connectivity index (χ3v) is 6.20. The van der Waals surface area contributed by atoms with Gasteiger partial charge in [-0.2, -0.15) is 0 Å². The molecule has 0 radical (unpaired) electrons. The van der Waals surface area contributed by atoms with Crippen LogP contribution in [0.15, 0.2) is 84.9 Å². The van der Waals surface area contributed by atoms with E-state index in [1.54, 1.807) is 12.1 Å². The van der Waals surface area contributed by atoms with E-state index >= 15 is 0 Å². The Labute approximate surface area is 134 Å². The largest absolute Gasteiger partial charge is 0.338 e. The highest BCUT2D eigenvalue weighted by atomic mass is 31.2. The molecule has 0 bridgehead atoms. The molecule has 1 atom stereocenters. The first-order valence-electron chi connectivity index (χ1n) is 7.47. The van der Waals surface area contributed by atoms with Gasteiger partial charge in [0.1, 0.15) is 0 Å². The van der Waals surface area contributed by atoms with Gasteiger partial charge in [0.15, 0.2) is 0 Å². The number of benzene rings is 4. The minimum atomic E-state index is -3.65. The molecule has 0 saturated carbocycles. The van der Waals surface area contributed by atoms with Gasteiger partial charge in [-0.15, -0.1) is 0 Å². The fourth-order valence-corrected chi connectivity index (χ4v) is 4.66. The molecule has 4 aromatic carbocycles. The summed E-state index contributed by atoms with van der Waals surface area (Å²) in [5.41, 5.74) is 0. The number of hydrogen-bond acceptors (Lipinski definition) is 1. The van der Waals surface area contributed by atoms with Gasteiger partial charge < -0.3 is 4.89 Å². The molecule has 0 aliphatic carbocycles. The Bertz CT molecular complexity index is 1060. The SMILES string of the molecule is O=P(O)(c1ccc2ccccc2c1)c1cccc2ccccc12. The van der Waals surface area contributed by atoms with Crippen molar-refractivity contribution in [1.82, 2.24) is 0 Å². The van der Waals surface area contributed by atoms with E-state index in [-0.39, 0.29) is 0 Å². The van der Waals surface area contributed by atoms with Crippen molar-refractivity contribution < 1.29 is 9.46 Å². The molecule has 0 fully saturated rings. The first kappa shape index (κ1) is 14.2. The number of fused-ring (bicyclic) bond motifs is 2. The first-order valence-corrected chi connectivity index (χ1v) is 9.13. The predicted molar refractivity (Wildman–Crippen MR) is 97.0 cm³/mol. The van der Waals surface area contributed by atoms with Crippen LogP contribution in [0.3, 0.4) is 0 Å². The van der Waals surface area contributed by atoms with Gasteiger partial charge in [0, 0.05) is 10.6 Å². The van der Waals surface area contributed by atoms with Crippen LogP contribution < -0.4 is 10.6 Å². The molecule has 4 rings (SSSR count). The van der Waals surface area contributed by atoms with Crippen LogP contribution in [-0.4, -0.2) is 4.89 Å². The zero-order valence-corrected chi connectivity index (χ0v) is 13.3. The molecule has 2 nitrogen and oxygen atoms in total. The maximum atomic E-state index is 13.2. The normalized spacial score (nSPS) is 14.0. The molecule has 0 aliphatic heterocycles. The Balaban J connectivity index is 1.96. The Morgan fingerprint density at radius 1 is 0.652 bits per heavy atom. The zero-order chi connectivity index (χ0) is 15.9. The van der Waals surface area contributed by atoms with E-state index < -0.39 is 7.37 Å². The summed E-state index contributed by atoms with van der Waals surface area (Å²) in [7, 11) is -3.65. The molecule has 0 spiro atoms. The van der Waals surface area contributed by atoms with Crippen LogP contribution in [-0.2, 0) is 4.57 Å². The number of hydrogen-bond donors (Lipinski definition) is 1. The van der Waals surface area contributed by atoms with Crippen molar-refractivity contribution in [2.45, 2.75) is 0 Å². The van der Waals surface area contributed by atoms with E-state index in [1.807, 2.05) is 72.8 Å². The Morgan fingerprint density at radius 2 is 1.30 bits per heavy atom. The molecule has 0 saturated heterocycles. The summed E-state index contributed by atoms with van der Waals surface area (Å²) in [5, 5.41) is 4.79. The van der Waals surface area contributed by atoms with E-state index in [1.165, 1.54) is 0 Å². The topological polar surface area (TPSA) is 37.3 Å². The zero-order valence-electron chi connectivity index (χ0n) is 12.4. The van der Waals surface area contributed by atoms with E-state index in [0.717, 1.165) is 21.5 Å². The second-order valence-corrected chi connectivity index (χ2v) is 7.76. The lowest BCUT2D eigenvalue weighted by Crippen LogP contribution is -2.16. The Hall–Kier alpha value is -2.41. The molecule has 0 amide bonds. The quantitative estimate of drug-likeness (QED) is 0.562. The highest BCUT2D eigenvalue weighted by Gasteiger charge is 2.26. The first-order chi connectivity index (χ1) is 11.2. The van der Waals surface area contributed by atoms with Crippen molar-refractivity contribution >= 4 is 39.5 Å². The third kappa shape index (κ3) is 2.37. The summed E-state index contributed by atoms with van der Waals surface area (Å²) in [6, 6.07) is 26.6. The van der Waals surface area contributed by atoms with Gasteiger partial charge in [0.05, 0.1) is 0 Å². The fourth-order valence-electron chi connectivity index (χ4n) is 2.98. The summed E-state index contributed by atoms with van der Waals surface area (Å²) >= 11 is 0. The minimum Gasteiger partial charge on any atom is -0.338 e. The van der Waals surface area contributed by atoms with Crippen LogP contribution in [0.4, 0.5) is 0 Å². The molecule has 0 aliphatic rings. The van der Waals surface area contributed by atoms with Crippen LogP contribution in [0, 0.1) is 0 Å². The van der Waals surface area contributed by atoms with Gasteiger partial charge in [-0.3, -0.25) is 4.57 Å². The minimum absolute atomic E-state index is 0.465. The smallest absolute Gasteiger partial charge is 0.259 e. The van der Waals surface area contributed by atoms with Gasteiger partial charge in [-0.05, 0) is 39.7 Å². The van der Waals surface area contributed by atoms with Crippen LogP contribution in [0.25, 0.3) is 21.5 Å². The van der Waals surface area contributed by atoms with Crippen molar-refractivity contribution in [3.8, 4) is 0 Å². The molecule has 112 valence electrons. The van der Waals surface area contributed by atoms with Crippen molar-refractivity contribution in [2.24, 2.45) is 0 Å². The Morgan fingerprint density at radius 3 is 2.13 bits per heavy atom. The second kappa shape index (κ2) is 5.34. The summed E-state index contributed by atoms with van der Waals surface area (Å²) in [6.07, 6.45) is 0. The van der Waals surface area contributed by atoms with Gasteiger partial charge in [0.2, 0.25) is 0 Å². The molecule has 23 heavy (non-hydrogen) atoms. The lowest BCUT2D eigenvalue weighted by atomic mass is 10.1. The lowest BCUT2D eigenvalue weighted by molar-refractivity contribution is 0.501. The molecular formula is C20H15O2P. The Kier molecular flexibility index (Phi) is 3.30. The third-order valence-electron chi connectivity index (χ3n) is 4.18. The monoisotopic (exact) mass is 318 g/mol. The van der Waals surface area contributed by atoms with E-state index in [4.69, 9.17) is 0 Å². The van der Waals surface area contributed by atoms with E-state index in [9.17, 15) is 9.46 Å². The maximum Gasteiger partial charge on any atom is 0.259 e. The van der Waals surface area contributed by atoms with E-state index in [0.29, 0.717) is 10.6 Å². The average Bonchev–Trinajstić information content (AvgIpc) is 2.60. The highest BCUT2D eigenvalue weighted by molar-refractivity contribution is 7.74. The van der Waals surface area contributed by atoms with Gasteiger partial charge in [-0.25, -0.2) is 0 Å². The van der Waals surface area contributed by atoms with Gasteiger partial charge in [0.25, 0.3) is 7.37 Å². The molecule has 3 heteroatoms. The van der Waals surface area contributed by atoms with Gasteiger partial charge in [-0.1, -0.05) is 66.7 Å². The second-order valence-electron chi connectivity index (χ2n) is 5.61. The molecule has 0 heterocycles.